The second-order valence-corrected chi connectivity index (χ2v) is 38.0. The van der Waals surface area contributed by atoms with E-state index >= 15 is 0 Å². The first kappa shape index (κ1) is 93.6. The number of nitrogens with two attached hydrogens (primary N) is 6. The lowest BCUT2D eigenvalue weighted by Gasteiger charge is -2.27. The predicted octanol–water partition coefficient (Wildman–Crippen LogP) is -5.95. The molecule has 0 saturated carbocycles. The number of nitrogen functional groups attached to an aromatic ring is 6. The zero-order valence-corrected chi connectivity index (χ0v) is 71.9. The van der Waals surface area contributed by atoms with Crippen molar-refractivity contribution in [2.75, 3.05) is 74.0 Å². The molecule has 6 aliphatic heterocycles. The molecule has 12 aromatic rings. The Morgan fingerprint density at radius 2 is 0.429 bits per heavy atom. The van der Waals surface area contributed by atoms with Gasteiger partial charge in [0.2, 0.25) is 0 Å². The van der Waals surface area contributed by atoms with Gasteiger partial charge in [0.15, 0.2) is 106 Å². The van der Waals surface area contributed by atoms with E-state index in [2.05, 4.69) is 89.7 Å². The minimum Gasteiger partial charge on any atom is -0.394 e. The van der Waals surface area contributed by atoms with Gasteiger partial charge in [0.05, 0.1) is 77.6 Å². The Balaban J connectivity index is 0.585. The Morgan fingerprint density at radius 3 is 0.602 bits per heavy atom. The zero-order valence-electron chi connectivity index (χ0n) is 66.6. The van der Waals surface area contributed by atoms with Crippen LogP contribution < -0.4 is 34.4 Å². The Bertz CT molecular complexity index is 6680. The standard InChI is InChI=1S/C60H74N30O37P6/c61-43-25-49(73-7-67-43)85(13-79-25)55-31(92)37(19(1-91)116-55)123-129(101,102)112-3-21-39(33(94)57(118-21)87-15-81-27-45(63)69-9-75-51(27)87)125-131(105,106)114-5-23-41(35(96)59(120-23)89-17-83-29-47(65)71-11-77-53(29)89)127-133(109,110)115-6-24-42(36(97)60(121-24)90-18-84-30-48(66)72-12-78-54(30)90)126-132(107,108)113-4-22-40(34(95)58(119-22)88-16-82-28-46(64)70-10-76-52(28)88)124-130(103,104)111-2-20-38(122-128(98,99)100)32(93)56(117-20)86-14-80-26-44(62)68-8-74-50(26)86/h7-24,31-42,55-60,91-97H,1-6H2,(H,101,102)(H,103,104)(H,105,106)(H,107,108)(H,109,110)(H2,61,67,73)(H2,62,68,74)(H2,63,69,75)(H2,64,70,76)(H2,65,71,77)(H2,66,72,78)(H2,98,99,100)/t19-,20-,21-,22-,23-,24-,31?,32?,33?,34?,35?,36?,37?,38?,39?,40?,41?,42?,55-,56-,57-,58-,59-,60-/m1/s1. The fourth-order valence-electron chi connectivity index (χ4n) is 15.6. The van der Waals surface area contributed by atoms with Crippen molar-refractivity contribution in [2.24, 2.45) is 0 Å². The number of anilines is 6. The third-order valence-corrected chi connectivity index (χ3v) is 27.0. The molecular weight excluding hydrogens is 1920 g/mol. The van der Waals surface area contributed by atoms with E-state index in [1.807, 2.05) is 0 Å². The van der Waals surface area contributed by atoms with Gasteiger partial charge in [-0.25, -0.2) is 117 Å². The maximum Gasteiger partial charge on any atom is 0.472 e. The average Bonchev–Trinajstić information content (AvgIpc) is 1.63. The number of imidazole rings is 6. The minimum atomic E-state index is -5.97. The van der Waals surface area contributed by atoms with E-state index in [4.69, 9.17) is 113 Å². The van der Waals surface area contributed by atoms with E-state index in [1.54, 1.807) is 0 Å². The molecule has 0 aliphatic carbocycles. The number of phosphoric ester groups is 6. The van der Waals surface area contributed by atoms with Gasteiger partial charge in [-0.3, -0.25) is 77.2 Å². The van der Waals surface area contributed by atoms with Gasteiger partial charge in [-0.2, -0.15) is 0 Å². The summed E-state index contributed by atoms with van der Waals surface area (Å²) in [5.74, 6) is -0.963. The second kappa shape index (κ2) is 36.1. The zero-order chi connectivity index (χ0) is 94.2. The van der Waals surface area contributed by atoms with Crippen LogP contribution in [-0.4, -0.2) is 337 Å². The van der Waals surface area contributed by atoms with Crippen molar-refractivity contribution < 1.29 is 176 Å². The number of hydrogen-bond donors (Lipinski definition) is 20. The summed E-state index contributed by atoms with van der Waals surface area (Å²) in [7, 11) is -34.7. The van der Waals surface area contributed by atoms with Gasteiger partial charge in [-0.15, -0.1) is 0 Å². The number of aromatic nitrogens is 24. The van der Waals surface area contributed by atoms with Gasteiger partial charge < -0.3 is 133 Å². The van der Waals surface area contributed by atoms with Crippen LogP contribution in [0, 0.1) is 0 Å². The number of phosphoric acid groups is 6. The number of hydrogen-bond acceptors (Lipinski definition) is 54. The summed E-state index contributed by atoms with van der Waals surface area (Å²) in [6.07, 6.45) is -35.8. The van der Waals surface area contributed by atoms with Crippen LogP contribution >= 0.6 is 46.9 Å². The molecule has 18 rings (SSSR count). The highest BCUT2D eigenvalue weighted by atomic mass is 31.2. The SMILES string of the molecule is Nc1ncnc2c1ncn2[C@@H]1O[C@H](COP(=O)(O)OC2C(O)[C@H](n3cnc4c(N)ncnc43)O[C@@H]2COP(=O)(O)OC2C(O)[C@H](n3cnc4c(N)ncnc43)O[C@@H]2COP(=O)(O)OC2C(O)[C@H](n3cnc4c(N)ncnc43)O[C@@H]2COP(=O)(O)OC2C(O)[C@H](n3cnc4c(N)ncnc43)O[C@@H]2COP(=O)(O)OC2C(O)[C@H](n3cnc4c(N)ncnc43)O[C@@H]2CO)C(OP(=O)(O)O)C1O. The highest BCUT2D eigenvalue weighted by molar-refractivity contribution is 7.48. The molecule has 133 heavy (non-hydrogen) atoms. The number of ether oxygens (including phenoxy) is 6. The molecule has 12 aromatic heterocycles. The molecule has 6 fully saturated rings. The predicted molar refractivity (Wildman–Crippen MR) is 425 cm³/mol. The Kier molecular flexibility index (Phi) is 25.4. The topological polar surface area (TPSA) is 960 Å². The van der Waals surface area contributed by atoms with Crippen LogP contribution in [0.5, 0.6) is 0 Å². The second-order valence-electron chi connectivity index (χ2n) is 29.7. The molecule has 0 radical (unpaired) electrons. The minimum absolute atomic E-state index is 0.00499. The third kappa shape index (κ3) is 18.4. The molecule has 26 N–H and O–H groups in total. The third-order valence-electron chi connectivity index (χ3n) is 21.5. The summed E-state index contributed by atoms with van der Waals surface area (Å²) < 4.78 is 186. The monoisotopic (exact) mass is 1990 g/mol. The van der Waals surface area contributed by atoms with Gasteiger partial charge in [0, 0.05) is 0 Å². The fourth-order valence-corrected chi connectivity index (χ4v) is 20.9. The smallest absolute Gasteiger partial charge is 0.394 e. The summed E-state index contributed by atoms with van der Waals surface area (Å²) in [4.78, 5) is 151. The summed E-state index contributed by atoms with van der Waals surface area (Å²) in [6.45, 7) is -7.47. The molecule has 0 bridgehead atoms. The summed E-state index contributed by atoms with van der Waals surface area (Å²) in [5.41, 5.74) is 35.2. The molecule has 716 valence electrons. The number of aliphatic hydroxyl groups excluding tert-OH is 7. The maximum atomic E-state index is 14.7. The first-order valence-electron chi connectivity index (χ1n) is 38.3. The lowest BCUT2D eigenvalue weighted by Crippen LogP contribution is -2.38. The molecule has 17 unspecified atom stereocenters. The quantitative estimate of drug-likeness (QED) is 0.0167. The number of fused-ring (bicyclic) bond motifs is 6. The molecular formula is C60H74N30O37P6. The highest BCUT2D eigenvalue weighted by Crippen LogP contribution is 2.58. The summed E-state index contributed by atoms with van der Waals surface area (Å²) in [5, 5.41) is 82.0. The highest BCUT2D eigenvalue weighted by Gasteiger charge is 2.59. The molecule has 67 nitrogen and oxygen atoms in total. The molecule has 73 heteroatoms. The Hall–Kier alpha value is -9.76. The average molecular weight is 1990 g/mol. The first-order valence-corrected chi connectivity index (χ1v) is 47.4. The van der Waals surface area contributed by atoms with Crippen molar-refractivity contribution in [3.05, 3.63) is 75.9 Å². The number of nitrogens with zero attached hydrogens (tertiary/aromatic N) is 24. The molecule has 0 amide bonds. The molecule has 0 spiro atoms. The molecule has 29 atom stereocenters. The van der Waals surface area contributed by atoms with Crippen LogP contribution in [0.15, 0.2) is 75.9 Å². The van der Waals surface area contributed by atoms with E-state index in [9.17, 15) is 97.4 Å². The normalized spacial score (nSPS) is 31.6. The Morgan fingerprint density at radius 1 is 0.263 bits per heavy atom. The lowest BCUT2D eigenvalue weighted by atomic mass is 10.1. The van der Waals surface area contributed by atoms with Gasteiger partial charge in [-0.05, 0) is 0 Å². The van der Waals surface area contributed by atoms with Crippen molar-refractivity contribution in [3.63, 3.8) is 0 Å². The molecule has 0 aromatic carbocycles. The summed E-state index contributed by atoms with van der Waals surface area (Å²) in [6, 6.07) is 0. The van der Waals surface area contributed by atoms with Gasteiger partial charge in [0.25, 0.3) is 0 Å². The van der Waals surface area contributed by atoms with Crippen LogP contribution in [0.3, 0.4) is 0 Å². The molecule has 6 saturated heterocycles. The maximum absolute atomic E-state index is 14.7. The van der Waals surface area contributed by atoms with Crippen molar-refractivity contribution in [1.82, 2.24) is 117 Å². The van der Waals surface area contributed by atoms with Crippen LogP contribution in [0.1, 0.15) is 37.4 Å². The van der Waals surface area contributed by atoms with E-state index in [0.29, 0.717) is 0 Å². The Labute approximate surface area is 736 Å². The first-order chi connectivity index (χ1) is 63.1. The van der Waals surface area contributed by atoms with Crippen molar-refractivity contribution in [3.8, 4) is 0 Å². The number of rotatable bonds is 34. The van der Waals surface area contributed by atoms with Gasteiger partial charge in [0.1, 0.15) is 181 Å². The van der Waals surface area contributed by atoms with Crippen LogP contribution in [0.25, 0.3) is 67.0 Å². The molecule has 18 heterocycles. The van der Waals surface area contributed by atoms with Crippen LogP contribution in [-0.2, 0) is 106 Å². The van der Waals surface area contributed by atoms with E-state index in [-0.39, 0.29) is 102 Å². The fraction of sp³-hybridized carbons (Fsp3) is 0.500. The van der Waals surface area contributed by atoms with E-state index in [0.717, 1.165) is 98.8 Å². The lowest BCUT2D eigenvalue weighted by molar-refractivity contribution is -0.0646. The molecule has 6 aliphatic rings. The van der Waals surface area contributed by atoms with E-state index in [1.165, 1.54) is 4.57 Å². The van der Waals surface area contributed by atoms with Gasteiger partial charge >= 0.3 is 46.9 Å². The van der Waals surface area contributed by atoms with Crippen molar-refractivity contribution in [2.45, 2.75) is 147 Å². The number of aliphatic hydroxyl groups is 7. The van der Waals surface area contributed by atoms with Crippen molar-refractivity contribution >= 4 is 149 Å². The van der Waals surface area contributed by atoms with Gasteiger partial charge in [-0.1, -0.05) is 0 Å². The van der Waals surface area contributed by atoms with Crippen molar-refractivity contribution in [1.29, 1.82) is 0 Å². The largest absolute Gasteiger partial charge is 0.472 e. The summed E-state index contributed by atoms with van der Waals surface area (Å²) >= 11 is 0. The van der Waals surface area contributed by atoms with Crippen LogP contribution in [0.4, 0.5) is 34.9 Å². The van der Waals surface area contributed by atoms with E-state index < -0.39 is 234 Å². The van der Waals surface area contributed by atoms with Crippen LogP contribution in [0.2, 0.25) is 0 Å².